The maximum absolute atomic E-state index is 13.0. The molecular formula is C23H23FN2O5S2. The molecule has 10 heteroatoms. The van der Waals surface area contributed by atoms with Crippen LogP contribution in [0.1, 0.15) is 19.5 Å². The number of halogens is 1. The molecule has 0 unspecified atom stereocenters. The third-order valence-corrected chi connectivity index (χ3v) is 7.58. The third kappa shape index (κ3) is 6.77. The number of aliphatic carboxylic acids is 1. The topological polar surface area (TPSA) is 106 Å². The zero-order valence-corrected chi connectivity index (χ0v) is 19.6. The van der Waals surface area contributed by atoms with Crippen molar-refractivity contribution in [1.29, 1.82) is 0 Å². The van der Waals surface area contributed by atoms with E-state index in [4.69, 9.17) is 4.74 Å². The van der Waals surface area contributed by atoms with Gasteiger partial charge in [-0.1, -0.05) is 6.07 Å². The van der Waals surface area contributed by atoms with E-state index in [1.807, 2.05) is 12.1 Å². The molecule has 7 nitrogen and oxygen atoms in total. The van der Waals surface area contributed by atoms with Crippen LogP contribution in [0.15, 0.2) is 77.8 Å². The van der Waals surface area contributed by atoms with Crippen LogP contribution in [0.4, 0.5) is 4.39 Å². The highest BCUT2D eigenvalue weighted by atomic mass is 32.2. The van der Waals surface area contributed by atoms with Gasteiger partial charge in [0.15, 0.2) is 0 Å². The number of benzene rings is 2. The number of rotatable bonds is 10. The van der Waals surface area contributed by atoms with E-state index in [0.717, 1.165) is 5.69 Å². The first-order chi connectivity index (χ1) is 15.6. The summed E-state index contributed by atoms with van der Waals surface area (Å²) in [7, 11) is -4.13. The Bertz CT molecular complexity index is 1190. The third-order valence-electron chi connectivity index (χ3n) is 4.72. The average Bonchev–Trinajstić information content (AvgIpc) is 2.79. The van der Waals surface area contributed by atoms with Crippen molar-refractivity contribution in [3.8, 4) is 11.5 Å². The molecule has 0 radical (unpaired) electrons. The van der Waals surface area contributed by atoms with Crippen molar-refractivity contribution in [3.63, 3.8) is 0 Å². The molecule has 3 aromatic rings. The van der Waals surface area contributed by atoms with Crippen LogP contribution in [0.25, 0.3) is 0 Å². The number of ether oxygens (including phenoxy) is 1. The summed E-state index contributed by atoms with van der Waals surface area (Å²) in [6.45, 7) is 3.34. The van der Waals surface area contributed by atoms with Gasteiger partial charge in [0.2, 0.25) is 10.0 Å². The highest BCUT2D eigenvalue weighted by Crippen LogP contribution is 2.32. The zero-order valence-electron chi connectivity index (χ0n) is 17.9. The van der Waals surface area contributed by atoms with Crippen LogP contribution in [0.2, 0.25) is 0 Å². The minimum absolute atomic E-state index is 0.106. The fourth-order valence-corrected chi connectivity index (χ4v) is 5.29. The Morgan fingerprint density at radius 3 is 2.24 bits per heavy atom. The van der Waals surface area contributed by atoms with E-state index in [9.17, 15) is 22.7 Å². The van der Waals surface area contributed by atoms with Gasteiger partial charge >= 0.3 is 5.97 Å². The fraction of sp³-hybridized carbons (Fsp3) is 0.217. The predicted octanol–water partition coefficient (Wildman–Crippen LogP) is 4.46. The van der Waals surface area contributed by atoms with Crippen LogP contribution in [-0.2, 0) is 20.6 Å². The van der Waals surface area contributed by atoms with Crippen molar-refractivity contribution in [2.24, 2.45) is 0 Å². The van der Waals surface area contributed by atoms with Crippen LogP contribution in [-0.4, -0.2) is 35.3 Å². The number of carbonyl (C=O) groups is 1. The van der Waals surface area contributed by atoms with Crippen LogP contribution < -0.4 is 9.46 Å². The summed E-state index contributed by atoms with van der Waals surface area (Å²) >= 11 is 1.29. The molecular weight excluding hydrogens is 467 g/mol. The van der Waals surface area contributed by atoms with Crippen molar-refractivity contribution >= 4 is 27.8 Å². The molecule has 1 atom stereocenters. The number of aromatic nitrogens is 1. The first-order valence-electron chi connectivity index (χ1n) is 9.89. The molecule has 3 rings (SSSR count). The fourth-order valence-electron chi connectivity index (χ4n) is 2.87. The van der Waals surface area contributed by atoms with E-state index < -0.39 is 32.6 Å². The van der Waals surface area contributed by atoms with Crippen molar-refractivity contribution in [2.45, 2.75) is 35.3 Å². The Hall–Kier alpha value is -2.95. The molecule has 174 valence electrons. The number of carboxylic acids is 1. The lowest BCUT2D eigenvalue weighted by Gasteiger charge is -2.31. The molecule has 33 heavy (non-hydrogen) atoms. The molecule has 0 fully saturated rings. The van der Waals surface area contributed by atoms with Crippen LogP contribution in [0.3, 0.4) is 0 Å². The summed E-state index contributed by atoms with van der Waals surface area (Å²) in [5, 5.41) is 9.74. The van der Waals surface area contributed by atoms with Crippen LogP contribution in [0, 0.1) is 5.82 Å². The Morgan fingerprint density at radius 2 is 1.70 bits per heavy atom. The van der Waals surface area contributed by atoms with Crippen molar-refractivity contribution < 1.29 is 27.4 Å². The van der Waals surface area contributed by atoms with Crippen LogP contribution >= 0.6 is 11.8 Å². The molecule has 0 amide bonds. The summed E-state index contributed by atoms with van der Waals surface area (Å²) in [5.41, 5.74) is 0.763. The molecule has 2 N–H and O–H groups in total. The monoisotopic (exact) mass is 490 g/mol. The normalized spacial score (nSPS) is 12.8. The molecule has 0 saturated heterocycles. The first kappa shape index (κ1) is 24.7. The van der Waals surface area contributed by atoms with E-state index >= 15 is 0 Å². The van der Waals surface area contributed by atoms with E-state index in [-0.39, 0.29) is 4.90 Å². The number of nitrogens with one attached hydrogen (secondary N) is 1. The predicted molar refractivity (Wildman–Crippen MR) is 124 cm³/mol. The quantitative estimate of drug-likeness (QED) is 0.432. The second kappa shape index (κ2) is 10.3. The molecule has 0 saturated carbocycles. The Kier molecular flexibility index (Phi) is 7.72. The van der Waals surface area contributed by atoms with Gasteiger partial charge in [-0.05, 0) is 74.5 Å². The number of carboxylic acid groups (broad SMARTS) is 1. The van der Waals surface area contributed by atoms with Gasteiger partial charge in [0.1, 0.15) is 23.4 Å². The average molecular weight is 491 g/mol. The lowest BCUT2D eigenvalue weighted by Crippen LogP contribution is -2.52. The first-order valence-corrected chi connectivity index (χ1v) is 12.4. The molecule has 0 aliphatic carbocycles. The van der Waals surface area contributed by atoms with Gasteiger partial charge in [0, 0.05) is 16.7 Å². The van der Waals surface area contributed by atoms with Gasteiger partial charge in [-0.2, -0.15) is 4.72 Å². The maximum atomic E-state index is 13.0. The standard InChI is InChI=1S/C23H23FN2O5S2/c1-23(2,32-15-17-5-3-4-14-25-17)21(22(27)28)26-33(29,30)20-12-10-19(11-13-20)31-18-8-6-16(24)7-9-18/h3-14,21,26H,15H2,1-2H3,(H,27,28)/t21-/m0/s1. The summed E-state index contributed by atoms with van der Waals surface area (Å²) in [4.78, 5) is 16.1. The second-order valence-electron chi connectivity index (χ2n) is 7.63. The molecule has 1 heterocycles. The van der Waals surface area contributed by atoms with Gasteiger partial charge in [-0.15, -0.1) is 11.8 Å². The van der Waals surface area contributed by atoms with E-state index in [0.29, 0.717) is 17.3 Å². The van der Waals surface area contributed by atoms with Crippen molar-refractivity contribution in [3.05, 3.63) is 84.4 Å². The SMILES string of the molecule is CC(C)(SCc1ccccn1)[C@@H](NS(=O)(=O)c1ccc(Oc2ccc(F)cc2)cc1)C(=O)O. The van der Waals surface area contributed by atoms with Crippen molar-refractivity contribution in [1.82, 2.24) is 9.71 Å². The smallest absolute Gasteiger partial charge is 0.323 e. The maximum Gasteiger partial charge on any atom is 0.323 e. The number of thioether (sulfide) groups is 1. The molecule has 0 aliphatic heterocycles. The number of nitrogens with zero attached hydrogens (tertiary/aromatic N) is 1. The highest BCUT2D eigenvalue weighted by molar-refractivity contribution is 8.00. The molecule has 2 aromatic carbocycles. The molecule has 1 aromatic heterocycles. The summed E-state index contributed by atoms with van der Waals surface area (Å²) < 4.78 is 45.7. The van der Waals surface area contributed by atoms with E-state index in [1.165, 1.54) is 60.3 Å². The van der Waals surface area contributed by atoms with Crippen molar-refractivity contribution in [2.75, 3.05) is 0 Å². The Balaban J connectivity index is 1.71. The van der Waals surface area contributed by atoms with E-state index in [1.54, 1.807) is 26.1 Å². The number of hydrogen-bond acceptors (Lipinski definition) is 6. The minimum Gasteiger partial charge on any atom is -0.480 e. The number of sulfonamides is 1. The number of pyridine rings is 1. The Morgan fingerprint density at radius 1 is 1.09 bits per heavy atom. The van der Waals surface area contributed by atoms with Crippen LogP contribution in [0.5, 0.6) is 11.5 Å². The summed E-state index contributed by atoms with van der Waals surface area (Å²) in [6, 6.07) is 14.9. The summed E-state index contributed by atoms with van der Waals surface area (Å²) in [5.74, 6) is -0.518. The van der Waals surface area contributed by atoms with E-state index in [2.05, 4.69) is 9.71 Å². The Labute approximate surface area is 196 Å². The van der Waals surface area contributed by atoms with Gasteiger partial charge in [-0.25, -0.2) is 12.8 Å². The minimum atomic E-state index is -4.13. The van der Waals surface area contributed by atoms with Gasteiger partial charge in [0.05, 0.1) is 10.6 Å². The highest BCUT2D eigenvalue weighted by Gasteiger charge is 2.39. The second-order valence-corrected chi connectivity index (χ2v) is 11.0. The largest absolute Gasteiger partial charge is 0.480 e. The lowest BCUT2D eigenvalue weighted by atomic mass is 10.1. The molecule has 0 aliphatic rings. The number of hydrogen-bond donors (Lipinski definition) is 2. The molecule has 0 spiro atoms. The summed E-state index contributed by atoms with van der Waals surface area (Å²) in [6.07, 6.45) is 1.64. The van der Waals surface area contributed by atoms with Gasteiger partial charge in [0.25, 0.3) is 0 Å². The van der Waals surface area contributed by atoms with Gasteiger partial charge in [-0.3, -0.25) is 9.78 Å². The molecule has 0 bridgehead atoms. The van der Waals surface area contributed by atoms with Gasteiger partial charge < -0.3 is 9.84 Å². The zero-order chi connectivity index (χ0) is 24.1. The lowest BCUT2D eigenvalue weighted by molar-refractivity contribution is -0.139.